The molecule has 0 fully saturated rings. The van der Waals surface area contributed by atoms with Crippen LogP contribution in [0.1, 0.15) is 34.8 Å². The van der Waals surface area contributed by atoms with E-state index in [-0.39, 0.29) is 5.91 Å². The van der Waals surface area contributed by atoms with E-state index in [4.69, 9.17) is 0 Å². The number of amides is 1. The highest BCUT2D eigenvalue weighted by Crippen LogP contribution is 2.11. The Morgan fingerprint density at radius 1 is 1.00 bits per heavy atom. The molecular formula is C18H20N2O. The Balaban J connectivity index is 2.08. The van der Waals surface area contributed by atoms with E-state index in [2.05, 4.69) is 17.8 Å². The number of rotatable bonds is 5. The molecule has 0 atom stereocenters. The van der Waals surface area contributed by atoms with Crippen LogP contribution in [0.25, 0.3) is 5.70 Å². The van der Waals surface area contributed by atoms with Crippen LogP contribution in [0, 0.1) is 6.92 Å². The summed E-state index contributed by atoms with van der Waals surface area (Å²) in [6.07, 6.45) is 2.94. The van der Waals surface area contributed by atoms with Gasteiger partial charge in [0.2, 0.25) is 0 Å². The molecule has 0 aliphatic heterocycles. The average Bonchev–Trinajstić information content (AvgIpc) is 2.52. The Morgan fingerprint density at radius 3 is 2.33 bits per heavy atom. The Bertz CT molecular complexity index is 633. The first-order chi connectivity index (χ1) is 10.2. The molecule has 108 valence electrons. The predicted molar refractivity (Wildman–Crippen MR) is 86.5 cm³/mol. The first-order valence-electron chi connectivity index (χ1n) is 7.10. The summed E-state index contributed by atoms with van der Waals surface area (Å²) in [4.78, 5) is 12.2. The third kappa shape index (κ3) is 3.96. The number of hydrogen-bond donors (Lipinski definition) is 2. The zero-order valence-electron chi connectivity index (χ0n) is 12.4. The molecule has 0 saturated heterocycles. The van der Waals surface area contributed by atoms with Gasteiger partial charge in [-0.05, 0) is 30.5 Å². The van der Waals surface area contributed by atoms with Crippen LogP contribution in [0.4, 0.5) is 0 Å². The van der Waals surface area contributed by atoms with E-state index in [9.17, 15) is 4.79 Å². The van der Waals surface area contributed by atoms with Crippen molar-refractivity contribution in [2.24, 2.45) is 0 Å². The largest absolute Gasteiger partial charge is 0.298 e. The van der Waals surface area contributed by atoms with Gasteiger partial charge in [-0.2, -0.15) is 0 Å². The number of nitrogens with one attached hydrogen (secondary N) is 2. The molecule has 0 spiro atoms. The van der Waals surface area contributed by atoms with Crippen LogP contribution in [0.5, 0.6) is 0 Å². The van der Waals surface area contributed by atoms with Crippen LogP contribution in [-0.2, 0) is 0 Å². The quantitative estimate of drug-likeness (QED) is 0.820. The number of carbonyl (C=O) groups is 1. The summed E-state index contributed by atoms with van der Waals surface area (Å²) in [5.41, 5.74) is 9.37. The number of hydrazine groups is 1. The van der Waals surface area contributed by atoms with Gasteiger partial charge < -0.3 is 0 Å². The molecule has 1 amide bonds. The fourth-order valence-corrected chi connectivity index (χ4v) is 2.08. The van der Waals surface area contributed by atoms with E-state index in [1.54, 1.807) is 0 Å². The minimum atomic E-state index is -0.133. The van der Waals surface area contributed by atoms with E-state index in [0.717, 1.165) is 23.2 Å². The maximum Gasteiger partial charge on any atom is 0.269 e. The van der Waals surface area contributed by atoms with Crippen molar-refractivity contribution in [2.75, 3.05) is 0 Å². The molecule has 21 heavy (non-hydrogen) atoms. The van der Waals surface area contributed by atoms with E-state index < -0.39 is 0 Å². The van der Waals surface area contributed by atoms with Gasteiger partial charge in [0.1, 0.15) is 0 Å². The van der Waals surface area contributed by atoms with Crippen molar-refractivity contribution in [2.45, 2.75) is 20.3 Å². The smallest absolute Gasteiger partial charge is 0.269 e. The topological polar surface area (TPSA) is 41.1 Å². The second-order valence-electron chi connectivity index (χ2n) is 4.79. The summed E-state index contributed by atoms with van der Waals surface area (Å²) >= 11 is 0. The third-order valence-electron chi connectivity index (χ3n) is 3.19. The van der Waals surface area contributed by atoms with Crippen LogP contribution in [0.3, 0.4) is 0 Å². The van der Waals surface area contributed by atoms with Gasteiger partial charge >= 0.3 is 0 Å². The van der Waals surface area contributed by atoms with Gasteiger partial charge in [0.25, 0.3) is 5.91 Å². The van der Waals surface area contributed by atoms with Crippen molar-refractivity contribution in [1.29, 1.82) is 0 Å². The van der Waals surface area contributed by atoms with Crippen LogP contribution < -0.4 is 10.9 Å². The van der Waals surface area contributed by atoms with E-state index in [1.165, 1.54) is 0 Å². The molecular weight excluding hydrogens is 260 g/mol. The summed E-state index contributed by atoms with van der Waals surface area (Å²) in [7, 11) is 0. The molecule has 2 aromatic rings. The highest BCUT2D eigenvalue weighted by atomic mass is 16.2. The third-order valence-corrected chi connectivity index (χ3v) is 3.19. The number of benzene rings is 2. The van der Waals surface area contributed by atoms with Crippen molar-refractivity contribution in [1.82, 2.24) is 10.9 Å². The second kappa shape index (κ2) is 7.29. The molecule has 2 aromatic carbocycles. The van der Waals surface area contributed by atoms with E-state index in [0.29, 0.717) is 5.56 Å². The normalized spacial score (nSPS) is 11.0. The Hall–Kier alpha value is -2.55. The van der Waals surface area contributed by atoms with Crippen molar-refractivity contribution < 1.29 is 4.79 Å². The molecule has 0 aliphatic rings. The van der Waals surface area contributed by atoms with Crippen molar-refractivity contribution >= 4 is 11.6 Å². The minimum Gasteiger partial charge on any atom is -0.298 e. The molecule has 0 heterocycles. The lowest BCUT2D eigenvalue weighted by Crippen LogP contribution is -2.36. The Kier molecular flexibility index (Phi) is 5.16. The number of aryl methyl sites for hydroxylation is 1. The summed E-state index contributed by atoms with van der Waals surface area (Å²) in [5, 5.41) is 0. The summed E-state index contributed by atoms with van der Waals surface area (Å²) in [6, 6.07) is 17.5. The summed E-state index contributed by atoms with van der Waals surface area (Å²) in [6.45, 7) is 3.99. The van der Waals surface area contributed by atoms with Gasteiger partial charge in [0.15, 0.2) is 0 Å². The molecule has 2 N–H and O–H groups in total. The standard InChI is InChI=1S/C18H20N2O/c1-3-9-17(15-11-5-4-6-12-15)19-20-18(21)16-13-8-7-10-14(16)2/h4-13,19H,3H2,1-2H3,(H,20,21). The van der Waals surface area contributed by atoms with Gasteiger partial charge in [-0.1, -0.05) is 61.5 Å². The zero-order valence-corrected chi connectivity index (χ0v) is 12.4. The first kappa shape index (κ1) is 14.9. The molecule has 0 radical (unpaired) electrons. The lowest BCUT2D eigenvalue weighted by atomic mass is 10.1. The lowest BCUT2D eigenvalue weighted by molar-refractivity contribution is 0.0942. The molecule has 2 rings (SSSR count). The highest BCUT2D eigenvalue weighted by molar-refractivity contribution is 5.95. The van der Waals surface area contributed by atoms with E-state index in [1.807, 2.05) is 67.6 Å². The molecule has 0 bridgehead atoms. The highest BCUT2D eigenvalue weighted by Gasteiger charge is 2.08. The fourth-order valence-electron chi connectivity index (χ4n) is 2.08. The minimum absolute atomic E-state index is 0.133. The predicted octanol–water partition coefficient (Wildman–Crippen LogP) is 3.68. The Morgan fingerprint density at radius 2 is 1.67 bits per heavy atom. The number of carbonyl (C=O) groups excluding carboxylic acids is 1. The number of hydrogen-bond acceptors (Lipinski definition) is 2. The molecule has 0 aliphatic carbocycles. The second-order valence-corrected chi connectivity index (χ2v) is 4.79. The maximum atomic E-state index is 12.2. The average molecular weight is 280 g/mol. The fraction of sp³-hybridized carbons (Fsp3) is 0.167. The van der Waals surface area contributed by atoms with Crippen LogP contribution in [0.15, 0.2) is 60.7 Å². The Labute approximate surface area is 125 Å². The number of allylic oxidation sites excluding steroid dienone is 1. The van der Waals surface area contributed by atoms with Crippen LogP contribution >= 0.6 is 0 Å². The van der Waals surface area contributed by atoms with Gasteiger partial charge in [-0.25, -0.2) is 0 Å². The van der Waals surface area contributed by atoms with Crippen LogP contribution in [0.2, 0.25) is 0 Å². The zero-order chi connectivity index (χ0) is 15.1. The van der Waals surface area contributed by atoms with Gasteiger partial charge in [-0.3, -0.25) is 15.6 Å². The van der Waals surface area contributed by atoms with Crippen molar-refractivity contribution in [3.63, 3.8) is 0 Å². The van der Waals surface area contributed by atoms with Crippen molar-refractivity contribution in [3.8, 4) is 0 Å². The van der Waals surface area contributed by atoms with Crippen molar-refractivity contribution in [3.05, 3.63) is 77.4 Å². The monoisotopic (exact) mass is 280 g/mol. The summed E-state index contributed by atoms with van der Waals surface area (Å²) in [5.74, 6) is -0.133. The SMILES string of the molecule is CCC=C(NNC(=O)c1ccccc1C)c1ccccc1. The van der Waals surface area contributed by atoms with Gasteiger partial charge in [-0.15, -0.1) is 0 Å². The van der Waals surface area contributed by atoms with Gasteiger partial charge in [0, 0.05) is 5.56 Å². The lowest BCUT2D eigenvalue weighted by Gasteiger charge is -2.13. The van der Waals surface area contributed by atoms with Crippen LogP contribution in [-0.4, -0.2) is 5.91 Å². The molecule has 0 aromatic heterocycles. The first-order valence-corrected chi connectivity index (χ1v) is 7.10. The molecule has 3 nitrogen and oxygen atoms in total. The van der Waals surface area contributed by atoms with Gasteiger partial charge in [0.05, 0.1) is 5.70 Å². The maximum absolute atomic E-state index is 12.2. The molecule has 0 saturated carbocycles. The molecule has 0 unspecified atom stereocenters. The van der Waals surface area contributed by atoms with E-state index >= 15 is 0 Å². The molecule has 3 heteroatoms. The summed E-state index contributed by atoms with van der Waals surface area (Å²) < 4.78 is 0.